The first kappa shape index (κ1) is 22.3. The molecule has 0 radical (unpaired) electrons. The number of benzene rings is 1. The molecular weight excluding hydrogens is 412 g/mol. The molecule has 1 amide bonds. The van der Waals surface area contributed by atoms with Gasteiger partial charge in [0.25, 0.3) is 0 Å². The number of hydrogen-bond donors (Lipinski definition) is 2. The van der Waals surface area contributed by atoms with Crippen molar-refractivity contribution < 1.29 is 19.4 Å². The molecule has 1 atom stereocenters. The second-order valence-electron chi connectivity index (χ2n) is 8.26. The van der Waals surface area contributed by atoms with E-state index in [1.54, 1.807) is 13.8 Å². The van der Waals surface area contributed by atoms with E-state index in [1.807, 2.05) is 19.1 Å². The number of carbonyl (C=O) groups is 1. The Hall–Kier alpha value is -1.41. The highest BCUT2D eigenvalue weighted by Gasteiger charge is 2.26. The summed E-state index contributed by atoms with van der Waals surface area (Å²) in [5.41, 5.74) is -0.223. The number of thiazole rings is 1. The summed E-state index contributed by atoms with van der Waals surface area (Å²) >= 11 is 7.98. The Kier molecular flexibility index (Phi) is 7.04. The maximum atomic E-state index is 11.1. The van der Waals surface area contributed by atoms with Crippen LogP contribution in [0.3, 0.4) is 0 Å². The Bertz CT molecular complexity index is 856. The van der Waals surface area contributed by atoms with Gasteiger partial charge in [0.1, 0.15) is 21.4 Å². The fourth-order valence-electron chi connectivity index (χ4n) is 3.46. The minimum absolute atomic E-state index is 0.0141. The number of fused-ring (bicyclic) bond motifs is 1. The number of nitrogens with zero attached hydrogens (tertiary/aromatic N) is 1. The monoisotopic (exact) mass is 440 g/mol. The summed E-state index contributed by atoms with van der Waals surface area (Å²) in [4.78, 5) is 15.6. The SMILES string of the molecule is CC(=O)N[C@@H](C)CO[C@H]1CC[C@H](Oc2ccc3nc(C(C)(C)O)sc3c2Cl)CC1. The van der Waals surface area contributed by atoms with Gasteiger partial charge < -0.3 is 19.9 Å². The topological polar surface area (TPSA) is 80.7 Å². The van der Waals surface area contributed by atoms with Crippen LogP contribution in [0.15, 0.2) is 12.1 Å². The van der Waals surface area contributed by atoms with Crippen molar-refractivity contribution in [2.45, 2.75) is 77.2 Å². The Morgan fingerprint density at radius 1 is 1.34 bits per heavy atom. The van der Waals surface area contributed by atoms with Gasteiger partial charge in [-0.3, -0.25) is 4.79 Å². The lowest BCUT2D eigenvalue weighted by molar-refractivity contribution is -0.120. The van der Waals surface area contributed by atoms with E-state index in [4.69, 9.17) is 21.1 Å². The first-order valence-corrected chi connectivity index (χ1v) is 11.2. The Balaban J connectivity index is 1.56. The molecule has 8 heteroatoms. The summed E-state index contributed by atoms with van der Waals surface area (Å²) in [6.07, 6.45) is 3.91. The van der Waals surface area contributed by atoms with Crippen molar-refractivity contribution in [1.29, 1.82) is 0 Å². The first-order valence-electron chi connectivity index (χ1n) is 10.0. The maximum absolute atomic E-state index is 11.1. The van der Waals surface area contributed by atoms with Crippen LogP contribution in [-0.2, 0) is 15.1 Å². The molecule has 1 aromatic heterocycles. The van der Waals surface area contributed by atoms with E-state index < -0.39 is 5.60 Å². The molecule has 1 aliphatic carbocycles. The molecule has 29 heavy (non-hydrogen) atoms. The van der Waals surface area contributed by atoms with Crippen LogP contribution in [0.25, 0.3) is 10.2 Å². The summed E-state index contributed by atoms with van der Waals surface area (Å²) in [7, 11) is 0. The molecule has 0 bridgehead atoms. The third-order valence-electron chi connectivity index (χ3n) is 4.93. The molecule has 1 aliphatic rings. The number of amides is 1. The molecule has 1 heterocycles. The molecule has 160 valence electrons. The van der Waals surface area contributed by atoms with Gasteiger partial charge in [0, 0.05) is 13.0 Å². The average molecular weight is 441 g/mol. The van der Waals surface area contributed by atoms with E-state index in [-0.39, 0.29) is 24.2 Å². The number of ether oxygens (including phenoxy) is 2. The van der Waals surface area contributed by atoms with Crippen molar-refractivity contribution in [2.24, 2.45) is 0 Å². The number of rotatable bonds is 7. The van der Waals surface area contributed by atoms with E-state index in [1.165, 1.54) is 18.3 Å². The Morgan fingerprint density at radius 3 is 2.62 bits per heavy atom. The summed E-state index contributed by atoms with van der Waals surface area (Å²) in [6.45, 7) is 7.41. The van der Waals surface area contributed by atoms with Crippen molar-refractivity contribution in [3.8, 4) is 5.75 Å². The first-order chi connectivity index (χ1) is 13.6. The number of nitrogens with one attached hydrogen (secondary N) is 1. The molecule has 6 nitrogen and oxygen atoms in total. The number of aliphatic hydroxyl groups is 1. The van der Waals surface area contributed by atoms with Crippen LogP contribution < -0.4 is 10.1 Å². The van der Waals surface area contributed by atoms with Gasteiger partial charge in [-0.05, 0) is 58.6 Å². The highest BCUT2D eigenvalue weighted by atomic mass is 35.5. The molecule has 0 saturated heterocycles. The normalized spacial score (nSPS) is 21.2. The summed E-state index contributed by atoms with van der Waals surface area (Å²) < 4.78 is 13.0. The fraction of sp³-hybridized carbons (Fsp3) is 0.619. The van der Waals surface area contributed by atoms with Crippen molar-refractivity contribution in [1.82, 2.24) is 10.3 Å². The second kappa shape index (κ2) is 9.16. The second-order valence-corrected chi connectivity index (χ2v) is 9.63. The van der Waals surface area contributed by atoms with Crippen LogP contribution in [0.2, 0.25) is 5.02 Å². The molecule has 2 aromatic rings. The van der Waals surface area contributed by atoms with Crippen LogP contribution >= 0.6 is 22.9 Å². The lowest BCUT2D eigenvalue weighted by atomic mass is 9.95. The number of hydrogen-bond acceptors (Lipinski definition) is 6. The zero-order valence-electron chi connectivity index (χ0n) is 17.3. The van der Waals surface area contributed by atoms with Gasteiger partial charge in [-0.2, -0.15) is 0 Å². The number of halogens is 1. The predicted molar refractivity (Wildman–Crippen MR) is 116 cm³/mol. The highest BCUT2D eigenvalue weighted by Crippen LogP contribution is 2.40. The van der Waals surface area contributed by atoms with Gasteiger partial charge in [0.15, 0.2) is 0 Å². The third kappa shape index (κ3) is 5.81. The van der Waals surface area contributed by atoms with Gasteiger partial charge in [-0.1, -0.05) is 11.6 Å². The van der Waals surface area contributed by atoms with Crippen molar-refractivity contribution in [3.05, 3.63) is 22.2 Å². The van der Waals surface area contributed by atoms with Crippen LogP contribution in [0.5, 0.6) is 5.75 Å². The molecule has 0 unspecified atom stereocenters. The van der Waals surface area contributed by atoms with Crippen molar-refractivity contribution in [3.63, 3.8) is 0 Å². The maximum Gasteiger partial charge on any atom is 0.217 e. The van der Waals surface area contributed by atoms with E-state index in [0.717, 1.165) is 35.9 Å². The zero-order valence-corrected chi connectivity index (χ0v) is 18.9. The molecular formula is C21H29ClN2O4S. The zero-order chi connectivity index (χ0) is 21.2. The van der Waals surface area contributed by atoms with Crippen LogP contribution in [0.4, 0.5) is 0 Å². The smallest absolute Gasteiger partial charge is 0.217 e. The molecule has 2 N–H and O–H groups in total. The summed E-state index contributed by atoms with van der Waals surface area (Å²) in [5.74, 6) is 0.622. The lowest BCUT2D eigenvalue weighted by Gasteiger charge is -2.30. The fourth-order valence-corrected chi connectivity index (χ4v) is 4.78. The summed E-state index contributed by atoms with van der Waals surface area (Å²) in [6, 6.07) is 3.76. The largest absolute Gasteiger partial charge is 0.489 e. The lowest BCUT2D eigenvalue weighted by Crippen LogP contribution is -2.36. The molecule has 1 aromatic carbocycles. The highest BCUT2D eigenvalue weighted by molar-refractivity contribution is 7.19. The summed E-state index contributed by atoms with van der Waals surface area (Å²) in [5, 5.41) is 14.2. The minimum atomic E-state index is -0.996. The van der Waals surface area contributed by atoms with E-state index in [0.29, 0.717) is 22.4 Å². The molecule has 0 spiro atoms. The van der Waals surface area contributed by atoms with Crippen LogP contribution in [-0.4, -0.2) is 40.9 Å². The van der Waals surface area contributed by atoms with Gasteiger partial charge in [-0.15, -0.1) is 11.3 Å². The molecule has 1 saturated carbocycles. The molecule has 0 aliphatic heterocycles. The van der Waals surface area contributed by atoms with E-state index in [2.05, 4.69) is 10.3 Å². The Morgan fingerprint density at radius 2 is 2.00 bits per heavy atom. The molecule has 1 fully saturated rings. The number of aromatic nitrogens is 1. The quantitative estimate of drug-likeness (QED) is 0.666. The van der Waals surface area contributed by atoms with Crippen molar-refractivity contribution in [2.75, 3.05) is 6.61 Å². The Labute approximate surface area is 180 Å². The van der Waals surface area contributed by atoms with Crippen LogP contribution in [0, 0.1) is 0 Å². The third-order valence-corrected chi connectivity index (χ3v) is 6.82. The molecule has 3 rings (SSSR count). The van der Waals surface area contributed by atoms with Gasteiger partial charge in [0.2, 0.25) is 5.91 Å². The predicted octanol–water partition coefficient (Wildman–Crippen LogP) is 4.41. The minimum Gasteiger partial charge on any atom is -0.489 e. The van der Waals surface area contributed by atoms with E-state index >= 15 is 0 Å². The van der Waals surface area contributed by atoms with Gasteiger partial charge in [0.05, 0.1) is 29.0 Å². The van der Waals surface area contributed by atoms with Crippen LogP contribution in [0.1, 0.15) is 58.4 Å². The van der Waals surface area contributed by atoms with Gasteiger partial charge >= 0.3 is 0 Å². The average Bonchev–Trinajstić information content (AvgIpc) is 3.08. The standard InChI is InChI=1S/C21H29ClN2O4S/c1-12(23-13(2)25)11-27-14-5-7-15(8-6-14)28-17-10-9-16-19(18(17)22)29-20(24-16)21(3,4)26/h9-10,12,14-15,26H,5-8,11H2,1-4H3,(H,23,25)/t12-,14-,15-/m0/s1. The van der Waals surface area contributed by atoms with Crippen molar-refractivity contribution >= 4 is 39.1 Å². The number of carbonyl (C=O) groups excluding carboxylic acids is 1. The van der Waals surface area contributed by atoms with E-state index in [9.17, 15) is 9.90 Å². The van der Waals surface area contributed by atoms with Gasteiger partial charge in [-0.25, -0.2) is 4.98 Å².